The summed E-state index contributed by atoms with van der Waals surface area (Å²) in [6.07, 6.45) is 5.48. The van der Waals surface area contributed by atoms with Crippen LogP contribution < -0.4 is 5.32 Å². The number of aryl methyl sites for hydroxylation is 1. The van der Waals surface area contributed by atoms with E-state index in [1.165, 1.54) is 4.31 Å². The third-order valence-corrected chi connectivity index (χ3v) is 7.50. The second-order valence-electron chi connectivity index (χ2n) is 7.93. The minimum atomic E-state index is -3.54. The van der Waals surface area contributed by atoms with Crippen LogP contribution in [0.5, 0.6) is 0 Å². The van der Waals surface area contributed by atoms with E-state index in [1.807, 2.05) is 32.4 Å². The summed E-state index contributed by atoms with van der Waals surface area (Å²) in [7, 11) is 0.331. The first-order valence-electron chi connectivity index (χ1n) is 10.3. The molecule has 1 fully saturated rings. The van der Waals surface area contributed by atoms with Crippen molar-refractivity contribution in [3.63, 3.8) is 0 Å². The monoisotopic (exact) mass is 452 g/mol. The molecule has 10 nitrogen and oxygen atoms in total. The van der Waals surface area contributed by atoms with Crippen molar-refractivity contribution in [2.24, 2.45) is 7.05 Å². The van der Waals surface area contributed by atoms with Crippen molar-refractivity contribution in [3.8, 4) is 11.1 Å². The highest BCUT2D eigenvalue weighted by molar-refractivity contribution is 7.89. The zero-order valence-electron chi connectivity index (χ0n) is 17.9. The van der Waals surface area contributed by atoms with Gasteiger partial charge in [-0.15, -0.1) is 0 Å². The second-order valence-corrected chi connectivity index (χ2v) is 9.87. The van der Waals surface area contributed by atoms with Crippen LogP contribution >= 0.6 is 0 Å². The van der Waals surface area contributed by atoms with Crippen LogP contribution in [-0.2, 0) is 17.1 Å². The zero-order chi connectivity index (χ0) is 22.3. The average Bonchev–Trinajstić information content (AvgIpc) is 3.39. The lowest BCUT2D eigenvalue weighted by molar-refractivity contribution is 0.222. The van der Waals surface area contributed by atoms with Crippen LogP contribution in [0.15, 0.2) is 53.8 Å². The van der Waals surface area contributed by atoms with Gasteiger partial charge in [0.1, 0.15) is 5.82 Å². The molecular formula is C21H24N8O2S. The van der Waals surface area contributed by atoms with E-state index in [-0.39, 0.29) is 4.90 Å². The number of rotatable bonds is 5. The number of imidazole rings is 1. The SMILES string of the molecule is CN1CCN(S(=O)(=O)c2ccc3nc(Nc4ccc(-c5cnn(C)c5)cn4)[nH]c3c2)CC1. The van der Waals surface area contributed by atoms with E-state index in [2.05, 4.69) is 30.3 Å². The Morgan fingerprint density at radius 3 is 2.50 bits per heavy atom. The Hall–Kier alpha value is -3.28. The molecule has 0 bridgehead atoms. The summed E-state index contributed by atoms with van der Waals surface area (Å²) in [4.78, 5) is 14.5. The number of H-pyrrole nitrogens is 1. The van der Waals surface area contributed by atoms with Crippen LogP contribution in [0.2, 0.25) is 0 Å². The van der Waals surface area contributed by atoms with Gasteiger partial charge in [0.05, 0.1) is 22.1 Å². The lowest BCUT2D eigenvalue weighted by Crippen LogP contribution is -2.46. The number of piperazine rings is 1. The molecule has 0 amide bonds. The number of sulfonamides is 1. The number of aromatic nitrogens is 5. The molecule has 1 aromatic carbocycles. The predicted octanol–water partition coefficient (Wildman–Crippen LogP) is 2.04. The molecule has 0 unspecified atom stereocenters. The van der Waals surface area contributed by atoms with Gasteiger partial charge in [0, 0.05) is 56.7 Å². The molecule has 0 saturated carbocycles. The zero-order valence-corrected chi connectivity index (χ0v) is 18.7. The lowest BCUT2D eigenvalue weighted by Gasteiger charge is -2.31. The first-order valence-corrected chi connectivity index (χ1v) is 11.7. The maximum absolute atomic E-state index is 13.0. The molecule has 0 spiro atoms. The van der Waals surface area contributed by atoms with E-state index in [4.69, 9.17) is 0 Å². The van der Waals surface area contributed by atoms with Crippen molar-refractivity contribution in [2.45, 2.75) is 4.90 Å². The Labute approximate surface area is 185 Å². The standard InChI is InChI=1S/C21H24N8O2S/c1-27-7-9-29(10-8-27)32(30,31)17-4-5-18-19(11-17)25-21(24-18)26-20-6-3-15(12-22-20)16-13-23-28(2)14-16/h3-6,11-14H,7-10H2,1-2H3,(H2,22,24,25,26). The number of likely N-dealkylation sites (N-methyl/N-ethyl adjacent to an activating group) is 1. The van der Waals surface area contributed by atoms with E-state index in [0.717, 1.165) is 24.2 Å². The smallest absolute Gasteiger partial charge is 0.243 e. The number of nitrogens with zero attached hydrogens (tertiary/aromatic N) is 6. The summed E-state index contributed by atoms with van der Waals surface area (Å²) in [5, 5.41) is 7.31. The minimum Gasteiger partial charge on any atom is -0.324 e. The number of pyridine rings is 1. The van der Waals surface area contributed by atoms with Crippen molar-refractivity contribution < 1.29 is 8.42 Å². The van der Waals surface area contributed by atoms with Crippen molar-refractivity contribution in [2.75, 3.05) is 38.5 Å². The lowest BCUT2D eigenvalue weighted by atomic mass is 10.2. The van der Waals surface area contributed by atoms with Crippen LogP contribution in [-0.4, -0.2) is 75.6 Å². The van der Waals surface area contributed by atoms with E-state index in [1.54, 1.807) is 35.3 Å². The van der Waals surface area contributed by atoms with E-state index in [9.17, 15) is 8.42 Å². The van der Waals surface area contributed by atoms with Gasteiger partial charge in [-0.05, 0) is 37.4 Å². The number of aromatic amines is 1. The normalized spacial score (nSPS) is 15.9. The van der Waals surface area contributed by atoms with Gasteiger partial charge in [0.25, 0.3) is 0 Å². The average molecular weight is 453 g/mol. The first kappa shape index (κ1) is 20.6. The summed E-state index contributed by atoms with van der Waals surface area (Å²) in [6.45, 7) is 2.44. The van der Waals surface area contributed by atoms with Crippen molar-refractivity contribution in [1.82, 2.24) is 33.9 Å². The molecule has 11 heteroatoms. The quantitative estimate of drug-likeness (QED) is 0.476. The molecule has 4 aromatic rings. The molecule has 0 aliphatic carbocycles. The minimum absolute atomic E-state index is 0.267. The van der Waals surface area contributed by atoms with Gasteiger partial charge in [0.2, 0.25) is 16.0 Å². The summed E-state index contributed by atoms with van der Waals surface area (Å²) in [5.41, 5.74) is 3.28. The molecule has 5 rings (SSSR count). The van der Waals surface area contributed by atoms with Crippen LogP contribution in [0.1, 0.15) is 0 Å². The predicted molar refractivity (Wildman–Crippen MR) is 122 cm³/mol. The van der Waals surface area contributed by atoms with Gasteiger partial charge in [0.15, 0.2) is 0 Å². The number of hydrogen-bond acceptors (Lipinski definition) is 7. The number of anilines is 2. The first-order chi connectivity index (χ1) is 15.4. The van der Waals surface area contributed by atoms with Crippen molar-refractivity contribution >= 4 is 32.8 Å². The van der Waals surface area contributed by atoms with Crippen LogP contribution in [0, 0.1) is 0 Å². The maximum Gasteiger partial charge on any atom is 0.243 e. The summed E-state index contributed by atoms with van der Waals surface area (Å²) < 4.78 is 29.3. The maximum atomic E-state index is 13.0. The molecule has 2 N–H and O–H groups in total. The van der Waals surface area contributed by atoms with Crippen molar-refractivity contribution in [1.29, 1.82) is 0 Å². The van der Waals surface area contributed by atoms with Gasteiger partial charge in [-0.1, -0.05) is 0 Å². The summed E-state index contributed by atoms with van der Waals surface area (Å²) in [6, 6.07) is 8.79. The number of hydrogen-bond donors (Lipinski definition) is 2. The van der Waals surface area contributed by atoms with E-state index >= 15 is 0 Å². The topological polar surface area (TPSA) is 112 Å². The van der Waals surface area contributed by atoms with Gasteiger partial charge >= 0.3 is 0 Å². The molecule has 1 saturated heterocycles. The van der Waals surface area contributed by atoms with Gasteiger partial charge in [-0.3, -0.25) is 4.68 Å². The van der Waals surface area contributed by atoms with E-state index < -0.39 is 10.0 Å². The molecule has 1 aliphatic heterocycles. The molecule has 32 heavy (non-hydrogen) atoms. The molecule has 166 valence electrons. The third kappa shape index (κ3) is 3.97. The Morgan fingerprint density at radius 1 is 1.00 bits per heavy atom. The fourth-order valence-corrected chi connectivity index (χ4v) is 5.17. The number of benzene rings is 1. The molecule has 4 heterocycles. The van der Waals surface area contributed by atoms with Gasteiger partial charge in [-0.2, -0.15) is 9.40 Å². The number of fused-ring (bicyclic) bond motifs is 1. The Balaban J connectivity index is 1.35. The molecule has 0 atom stereocenters. The Bertz CT molecular complexity index is 1350. The van der Waals surface area contributed by atoms with Crippen LogP contribution in [0.25, 0.3) is 22.2 Å². The van der Waals surface area contributed by atoms with Gasteiger partial charge < -0.3 is 15.2 Å². The highest BCUT2D eigenvalue weighted by Crippen LogP contribution is 2.24. The number of nitrogens with one attached hydrogen (secondary N) is 2. The Morgan fingerprint density at radius 2 is 1.81 bits per heavy atom. The highest BCUT2D eigenvalue weighted by Gasteiger charge is 2.27. The van der Waals surface area contributed by atoms with Gasteiger partial charge in [-0.25, -0.2) is 18.4 Å². The molecule has 0 radical (unpaired) electrons. The summed E-state index contributed by atoms with van der Waals surface area (Å²) in [5.74, 6) is 1.12. The molecule has 1 aliphatic rings. The third-order valence-electron chi connectivity index (χ3n) is 5.60. The summed E-state index contributed by atoms with van der Waals surface area (Å²) >= 11 is 0. The largest absolute Gasteiger partial charge is 0.324 e. The van der Waals surface area contributed by atoms with E-state index in [0.29, 0.717) is 35.9 Å². The van der Waals surface area contributed by atoms with Crippen LogP contribution in [0.3, 0.4) is 0 Å². The van der Waals surface area contributed by atoms with Crippen molar-refractivity contribution in [3.05, 3.63) is 48.9 Å². The molecular weight excluding hydrogens is 428 g/mol. The highest BCUT2D eigenvalue weighted by atomic mass is 32.2. The fraction of sp³-hybridized carbons (Fsp3) is 0.286. The molecule has 3 aromatic heterocycles. The fourth-order valence-electron chi connectivity index (χ4n) is 3.72. The Kier molecular flexibility index (Phi) is 5.16. The van der Waals surface area contributed by atoms with Crippen LogP contribution in [0.4, 0.5) is 11.8 Å². The second kappa shape index (κ2) is 8.01.